The van der Waals surface area contributed by atoms with Crippen molar-refractivity contribution in [3.05, 3.63) is 30.5 Å². The summed E-state index contributed by atoms with van der Waals surface area (Å²) < 4.78 is 2.41. The number of hydrogen-bond acceptors (Lipinski definition) is 3. The maximum absolute atomic E-state index is 12.3. The fourth-order valence-corrected chi connectivity index (χ4v) is 5.63. The number of imide groups is 1. The molecule has 1 aromatic heterocycles. The third-order valence-electron chi connectivity index (χ3n) is 7.28. The van der Waals surface area contributed by atoms with Crippen molar-refractivity contribution < 1.29 is 9.59 Å². The minimum Gasteiger partial charge on any atom is -0.344 e. The maximum atomic E-state index is 12.3. The normalized spacial score (nSPS) is 22.6. The van der Waals surface area contributed by atoms with Crippen LogP contribution in [0, 0.1) is 5.92 Å². The predicted molar refractivity (Wildman–Crippen MR) is 119 cm³/mol. The van der Waals surface area contributed by atoms with Gasteiger partial charge in [-0.05, 0) is 49.8 Å². The molecule has 1 N–H and O–H groups in total. The molecular formula is C24H32N4O2. The van der Waals surface area contributed by atoms with Crippen LogP contribution in [-0.4, -0.2) is 47.6 Å². The molecule has 3 amide bonds. The smallest absolute Gasteiger partial charge is 0.328 e. The van der Waals surface area contributed by atoms with Crippen LogP contribution in [0.25, 0.3) is 10.9 Å². The summed E-state index contributed by atoms with van der Waals surface area (Å²) in [6, 6.07) is 8.48. The summed E-state index contributed by atoms with van der Waals surface area (Å²) in [4.78, 5) is 28.2. The molecule has 3 heterocycles. The van der Waals surface area contributed by atoms with Crippen LogP contribution in [0.3, 0.4) is 0 Å². The number of carbonyl (C=O) groups excluding carboxylic acids is 2. The van der Waals surface area contributed by atoms with Gasteiger partial charge in [0.1, 0.15) is 0 Å². The van der Waals surface area contributed by atoms with E-state index in [0.717, 1.165) is 17.0 Å². The molecule has 0 spiro atoms. The molecular weight excluding hydrogens is 376 g/mol. The Balaban J connectivity index is 1.29. The Bertz CT molecular complexity index is 922. The van der Waals surface area contributed by atoms with Gasteiger partial charge in [-0.15, -0.1) is 0 Å². The summed E-state index contributed by atoms with van der Waals surface area (Å²) in [5.74, 6) is 0.716. The van der Waals surface area contributed by atoms with Crippen molar-refractivity contribution in [1.82, 2.24) is 14.8 Å². The molecule has 0 radical (unpaired) electrons. The second-order valence-corrected chi connectivity index (χ2v) is 9.22. The zero-order chi connectivity index (χ0) is 20.5. The second kappa shape index (κ2) is 8.42. The van der Waals surface area contributed by atoms with Crippen molar-refractivity contribution in [2.45, 2.75) is 57.4 Å². The molecule has 2 aromatic rings. The number of piperidine rings is 1. The van der Waals surface area contributed by atoms with E-state index in [1.807, 2.05) is 12.1 Å². The van der Waals surface area contributed by atoms with Gasteiger partial charge in [0.05, 0.1) is 11.2 Å². The van der Waals surface area contributed by atoms with Crippen molar-refractivity contribution in [2.75, 3.05) is 31.1 Å². The summed E-state index contributed by atoms with van der Waals surface area (Å²) in [6.45, 7) is 4.08. The number of aromatic nitrogens is 1. The molecule has 2 aliphatic heterocycles. The zero-order valence-electron chi connectivity index (χ0n) is 17.7. The highest BCUT2D eigenvalue weighted by molar-refractivity contribution is 6.09. The van der Waals surface area contributed by atoms with Gasteiger partial charge < -0.3 is 9.47 Å². The monoisotopic (exact) mass is 408 g/mol. The van der Waals surface area contributed by atoms with Gasteiger partial charge >= 0.3 is 6.03 Å². The number of amides is 3. The molecule has 6 heteroatoms. The predicted octanol–water partition coefficient (Wildman–Crippen LogP) is 4.30. The number of nitrogens with zero attached hydrogens (tertiary/aromatic N) is 3. The van der Waals surface area contributed by atoms with Gasteiger partial charge in [-0.3, -0.25) is 15.0 Å². The van der Waals surface area contributed by atoms with Crippen LogP contribution in [0.15, 0.2) is 30.5 Å². The summed E-state index contributed by atoms with van der Waals surface area (Å²) in [5, 5.41) is 3.53. The number of urea groups is 1. The van der Waals surface area contributed by atoms with Gasteiger partial charge in [-0.25, -0.2) is 4.79 Å². The highest BCUT2D eigenvalue weighted by atomic mass is 16.2. The first kappa shape index (κ1) is 19.6. The van der Waals surface area contributed by atoms with E-state index < -0.39 is 0 Å². The fraction of sp³-hybridized carbons (Fsp3) is 0.583. The molecule has 1 aromatic carbocycles. The van der Waals surface area contributed by atoms with E-state index in [9.17, 15) is 9.59 Å². The molecule has 2 saturated heterocycles. The molecule has 5 rings (SSSR count). The molecule has 0 unspecified atom stereocenters. The zero-order valence-corrected chi connectivity index (χ0v) is 17.7. The molecule has 30 heavy (non-hydrogen) atoms. The van der Waals surface area contributed by atoms with Crippen molar-refractivity contribution in [3.8, 4) is 0 Å². The lowest BCUT2D eigenvalue weighted by Crippen LogP contribution is -2.49. The minimum absolute atomic E-state index is 0.194. The minimum atomic E-state index is -0.317. The molecule has 1 saturated carbocycles. The van der Waals surface area contributed by atoms with Crippen LogP contribution in [-0.2, 0) is 4.79 Å². The molecule has 3 aliphatic rings. The van der Waals surface area contributed by atoms with Gasteiger partial charge in [0, 0.05) is 50.2 Å². The largest absolute Gasteiger partial charge is 0.344 e. The first-order valence-corrected chi connectivity index (χ1v) is 11.6. The van der Waals surface area contributed by atoms with Crippen LogP contribution in [0.5, 0.6) is 0 Å². The maximum Gasteiger partial charge on any atom is 0.328 e. The summed E-state index contributed by atoms with van der Waals surface area (Å²) >= 11 is 0. The Morgan fingerprint density at radius 1 is 0.933 bits per heavy atom. The summed E-state index contributed by atoms with van der Waals surface area (Å²) in [6.07, 6.45) is 12.0. The van der Waals surface area contributed by atoms with Crippen molar-refractivity contribution >= 4 is 28.5 Å². The number of anilines is 1. The topological polar surface area (TPSA) is 57.6 Å². The Kier molecular flexibility index (Phi) is 5.50. The lowest BCUT2D eigenvalue weighted by molar-refractivity contribution is -0.120. The summed E-state index contributed by atoms with van der Waals surface area (Å²) in [5.41, 5.74) is 2.08. The van der Waals surface area contributed by atoms with Crippen molar-refractivity contribution in [2.24, 2.45) is 5.92 Å². The van der Waals surface area contributed by atoms with Gasteiger partial charge in [0.25, 0.3) is 0 Å². The Morgan fingerprint density at radius 2 is 1.73 bits per heavy atom. The van der Waals surface area contributed by atoms with E-state index in [0.29, 0.717) is 19.0 Å². The molecule has 0 bridgehead atoms. The van der Waals surface area contributed by atoms with Crippen LogP contribution in [0.1, 0.15) is 57.4 Å². The average molecular weight is 409 g/mol. The van der Waals surface area contributed by atoms with Gasteiger partial charge in [-0.1, -0.05) is 25.3 Å². The van der Waals surface area contributed by atoms with Crippen LogP contribution in [0.2, 0.25) is 0 Å². The van der Waals surface area contributed by atoms with Crippen LogP contribution >= 0.6 is 0 Å². The highest BCUT2D eigenvalue weighted by Crippen LogP contribution is 2.34. The molecule has 0 atom stereocenters. The Labute approximate surface area is 178 Å². The Hall–Kier alpha value is -2.34. The standard InChI is InChI=1S/C24H32N4O2/c29-23-12-16-28(24(30)25-23)22-8-4-7-21-20(22)11-15-27(21)19-9-13-26(14-10-19)17-18-5-2-1-3-6-18/h4,7-8,11,15,18-19H,1-3,5-6,9-10,12-14,16-17H2,(H,25,29,30). The van der Waals surface area contributed by atoms with Crippen molar-refractivity contribution in [3.63, 3.8) is 0 Å². The molecule has 1 aliphatic carbocycles. The summed E-state index contributed by atoms with van der Waals surface area (Å²) in [7, 11) is 0. The number of benzene rings is 1. The molecule has 3 fully saturated rings. The third-order valence-corrected chi connectivity index (χ3v) is 7.28. The third kappa shape index (κ3) is 3.85. The van der Waals surface area contributed by atoms with E-state index >= 15 is 0 Å². The van der Waals surface area contributed by atoms with E-state index in [-0.39, 0.29) is 11.9 Å². The van der Waals surface area contributed by atoms with Crippen LogP contribution in [0.4, 0.5) is 10.5 Å². The second-order valence-electron chi connectivity index (χ2n) is 9.22. The lowest BCUT2D eigenvalue weighted by Gasteiger charge is -2.36. The number of carbonyl (C=O) groups is 2. The first-order chi connectivity index (χ1) is 14.7. The quantitative estimate of drug-likeness (QED) is 0.820. The number of rotatable bonds is 4. The number of fused-ring (bicyclic) bond motifs is 1. The fourth-order valence-electron chi connectivity index (χ4n) is 5.63. The Morgan fingerprint density at radius 3 is 2.50 bits per heavy atom. The van der Waals surface area contributed by atoms with E-state index in [2.05, 4.69) is 33.1 Å². The van der Waals surface area contributed by atoms with E-state index in [1.165, 1.54) is 70.1 Å². The molecule has 160 valence electrons. The SMILES string of the molecule is O=C1CCN(c2cccc3c2ccn3C2CCN(CC3CCCCC3)CC2)C(=O)N1. The van der Waals surface area contributed by atoms with E-state index in [1.54, 1.807) is 4.90 Å². The number of likely N-dealkylation sites (tertiary alicyclic amines) is 1. The highest BCUT2D eigenvalue weighted by Gasteiger charge is 2.27. The molecule has 6 nitrogen and oxygen atoms in total. The number of hydrogen-bond donors (Lipinski definition) is 1. The van der Waals surface area contributed by atoms with Crippen molar-refractivity contribution in [1.29, 1.82) is 0 Å². The number of nitrogens with one attached hydrogen (secondary N) is 1. The first-order valence-electron chi connectivity index (χ1n) is 11.6. The lowest BCUT2D eigenvalue weighted by atomic mass is 9.88. The van der Waals surface area contributed by atoms with Gasteiger partial charge in [0.2, 0.25) is 5.91 Å². The average Bonchev–Trinajstić information content (AvgIpc) is 3.20. The van der Waals surface area contributed by atoms with Crippen LogP contribution < -0.4 is 10.2 Å². The van der Waals surface area contributed by atoms with Gasteiger partial charge in [0.15, 0.2) is 0 Å². The van der Waals surface area contributed by atoms with Gasteiger partial charge in [-0.2, -0.15) is 0 Å². The van der Waals surface area contributed by atoms with E-state index in [4.69, 9.17) is 0 Å².